The van der Waals surface area contributed by atoms with Crippen LogP contribution >= 0.6 is 0 Å². The first-order valence-corrected chi connectivity index (χ1v) is 5.50. The highest BCUT2D eigenvalue weighted by Crippen LogP contribution is 2.55. The van der Waals surface area contributed by atoms with Gasteiger partial charge in [0.2, 0.25) is 0 Å². The second-order valence-electron chi connectivity index (χ2n) is 4.75. The molecule has 0 aromatic heterocycles. The van der Waals surface area contributed by atoms with E-state index in [-0.39, 0.29) is 0 Å². The standard InChI is InChI=1S/C12H19N/c1-2-3-4-5-12(13)11-7-9-6-10(9)8-11/h1,9-12H,3-8,13H2. The van der Waals surface area contributed by atoms with Crippen LogP contribution in [-0.2, 0) is 0 Å². The number of terminal acetylenes is 1. The van der Waals surface area contributed by atoms with Crippen LogP contribution < -0.4 is 5.73 Å². The van der Waals surface area contributed by atoms with Crippen LogP contribution in [0.3, 0.4) is 0 Å². The minimum absolute atomic E-state index is 0.432. The topological polar surface area (TPSA) is 26.0 Å². The van der Waals surface area contributed by atoms with Crippen LogP contribution in [0, 0.1) is 30.1 Å². The highest BCUT2D eigenvalue weighted by Gasteiger charge is 2.46. The first kappa shape index (κ1) is 9.09. The Morgan fingerprint density at radius 2 is 2.00 bits per heavy atom. The van der Waals surface area contributed by atoms with E-state index in [2.05, 4.69) is 5.92 Å². The van der Waals surface area contributed by atoms with E-state index in [1.807, 2.05) is 0 Å². The molecule has 13 heavy (non-hydrogen) atoms. The largest absolute Gasteiger partial charge is 0.327 e. The predicted octanol–water partition coefficient (Wildman–Crippen LogP) is 2.16. The highest BCUT2D eigenvalue weighted by atomic mass is 14.7. The lowest BCUT2D eigenvalue weighted by Crippen LogP contribution is -2.29. The average molecular weight is 177 g/mol. The SMILES string of the molecule is C#CCCCC(N)C1CC2CC2C1. The van der Waals surface area contributed by atoms with Crippen molar-refractivity contribution in [2.75, 3.05) is 0 Å². The number of hydrogen-bond acceptors (Lipinski definition) is 1. The lowest BCUT2D eigenvalue weighted by molar-refractivity contribution is 0.372. The van der Waals surface area contributed by atoms with E-state index in [4.69, 9.17) is 12.2 Å². The number of fused-ring (bicyclic) bond motifs is 1. The molecule has 2 rings (SSSR count). The van der Waals surface area contributed by atoms with Crippen LogP contribution in [0.25, 0.3) is 0 Å². The predicted molar refractivity (Wildman–Crippen MR) is 55.0 cm³/mol. The molecule has 0 saturated heterocycles. The van der Waals surface area contributed by atoms with Crippen LogP contribution in [0.2, 0.25) is 0 Å². The normalized spacial score (nSPS) is 38.0. The second kappa shape index (κ2) is 3.72. The maximum Gasteiger partial charge on any atom is 0.00866 e. The van der Waals surface area contributed by atoms with Crippen molar-refractivity contribution in [3.05, 3.63) is 0 Å². The Labute approximate surface area is 81.1 Å². The van der Waals surface area contributed by atoms with Gasteiger partial charge in [0.1, 0.15) is 0 Å². The van der Waals surface area contributed by atoms with Crippen molar-refractivity contribution in [2.24, 2.45) is 23.5 Å². The van der Waals surface area contributed by atoms with Crippen molar-refractivity contribution in [1.82, 2.24) is 0 Å². The fourth-order valence-electron chi connectivity index (χ4n) is 2.79. The molecule has 2 aliphatic rings. The summed E-state index contributed by atoms with van der Waals surface area (Å²) >= 11 is 0. The molecule has 1 heteroatoms. The van der Waals surface area contributed by atoms with Gasteiger partial charge in [0.25, 0.3) is 0 Å². The lowest BCUT2D eigenvalue weighted by atomic mass is 9.91. The Kier molecular flexibility index (Phi) is 2.60. The Morgan fingerprint density at radius 1 is 1.31 bits per heavy atom. The third kappa shape index (κ3) is 2.06. The molecule has 0 aromatic carbocycles. The van der Waals surface area contributed by atoms with E-state index in [1.165, 1.54) is 19.3 Å². The van der Waals surface area contributed by atoms with Gasteiger partial charge >= 0.3 is 0 Å². The van der Waals surface area contributed by atoms with Crippen molar-refractivity contribution < 1.29 is 0 Å². The molecule has 72 valence electrons. The summed E-state index contributed by atoms with van der Waals surface area (Å²) in [6.07, 6.45) is 12.7. The summed E-state index contributed by atoms with van der Waals surface area (Å²) in [6, 6.07) is 0.432. The van der Waals surface area contributed by atoms with Crippen molar-refractivity contribution in [3.8, 4) is 12.3 Å². The van der Waals surface area contributed by atoms with Gasteiger partial charge in [0.15, 0.2) is 0 Å². The fraction of sp³-hybridized carbons (Fsp3) is 0.833. The molecule has 2 fully saturated rings. The minimum atomic E-state index is 0.432. The molecule has 2 aliphatic carbocycles. The highest BCUT2D eigenvalue weighted by molar-refractivity contribution is 4.98. The summed E-state index contributed by atoms with van der Waals surface area (Å²) in [5, 5.41) is 0. The van der Waals surface area contributed by atoms with Crippen LogP contribution in [0.1, 0.15) is 38.5 Å². The van der Waals surface area contributed by atoms with Gasteiger partial charge in [-0.25, -0.2) is 0 Å². The molecular formula is C12H19N. The van der Waals surface area contributed by atoms with Gasteiger partial charge in [-0.3, -0.25) is 0 Å². The smallest absolute Gasteiger partial charge is 0.00866 e. The summed E-state index contributed by atoms with van der Waals surface area (Å²) in [5.74, 6) is 5.61. The minimum Gasteiger partial charge on any atom is -0.327 e. The van der Waals surface area contributed by atoms with E-state index in [0.29, 0.717) is 6.04 Å². The summed E-state index contributed by atoms with van der Waals surface area (Å²) in [4.78, 5) is 0. The lowest BCUT2D eigenvalue weighted by Gasteiger charge is -2.19. The molecule has 0 bridgehead atoms. The first-order chi connectivity index (χ1) is 6.31. The van der Waals surface area contributed by atoms with Crippen molar-refractivity contribution in [3.63, 3.8) is 0 Å². The Balaban J connectivity index is 1.66. The molecule has 0 aromatic rings. The zero-order valence-electron chi connectivity index (χ0n) is 8.21. The van der Waals surface area contributed by atoms with Gasteiger partial charge in [-0.1, -0.05) is 0 Å². The summed E-state index contributed by atoms with van der Waals surface area (Å²) in [6.45, 7) is 0. The summed E-state index contributed by atoms with van der Waals surface area (Å²) in [7, 11) is 0. The van der Waals surface area contributed by atoms with Crippen molar-refractivity contribution in [2.45, 2.75) is 44.6 Å². The quantitative estimate of drug-likeness (QED) is 0.517. The van der Waals surface area contributed by atoms with Crippen LogP contribution in [-0.4, -0.2) is 6.04 Å². The Morgan fingerprint density at radius 3 is 2.62 bits per heavy atom. The molecule has 0 amide bonds. The summed E-state index contributed by atoms with van der Waals surface area (Å²) in [5.41, 5.74) is 6.13. The van der Waals surface area contributed by atoms with Gasteiger partial charge in [-0.15, -0.1) is 12.3 Å². The molecule has 2 N–H and O–H groups in total. The maximum absolute atomic E-state index is 6.13. The Hall–Kier alpha value is -0.480. The van der Waals surface area contributed by atoms with Gasteiger partial charge in [-0.05, 0) is 49.9 Å². The third-order valence-electron chi connectivity index (χ3n) is 3.74. The average Bonchev–Trinajstić information content (AvgIpc) is 2.74. The number of unbranched alkanes of at least 4 members (excludes halogenated alkanes) is 1. The molecule has 3 unspecified atom stereocenters. The van der Waals surface area contributed by atoms with E-state index in [9.17, 15) is 0 Å². The molecular weight excluding hydrogens is 158 g/mol. The van der Waals surface area contributed by atoms with Crippen LogP contribution in [0.5, 0.6) is 0 Å². The Bertz CT molecular complexity index is 206. The molecule has 0 aliphatic heterocycles. The second-order valence-corrected chi connectivity index (χ2v) is 4.75. The van der Waals surface area contributed by atoms with Crippen molar-refractivity contribution >= 4 is 0 Å². The van der Waals surface area contributed by atoms with Gasteiger partial charge in [0, 0.05) is 12.5 Å². The van der Waals surface area contributed by atoms with E-state index >= 15 is 0 Å². The number of rotatable bonds is 4. The van der Waals surface area contributed by atoms with E-state index in [1.54, 1.807) is 0 Å². The molecule has 0 heterocycles. The zero-order chi connectivity index (χ0) is 9.26. The molecule has 1 nitrogen and oxygen atoms in total. The fourth-order valence-corrected chi connectivity index (χ4v) is 2.79. The summed E-state index contributed by atoms with van der Waals surface area (Å²) < 4.78 is 0. The van der Waals surface area contributed by atoms with Crippen molar-refractivity contribution in [1.29, 1.82) is 0 Å². The van der Waals surface area contributed by atoms with Crippen LogP contribution in [0.15, 0.2) is 0 Å². The van der Waals surface area contributed by atoms with E-state index in [0.717, 1.165) is 37.0 Å². The number of hydrogen-bond donors (Lipinski definition) is 1. The van der Waals surface area contributed by atoms with Gasteiger partial charge < -0.3 is 5.73 Å². The molecule has 0 radical (unpaired) electrons. The first-order valence-electron chi connectivity index (χ1n) is 5.50. The third-order valence-corrected chi connectivity index (χ3v) is 3.74. The van der Waals surface area contributed by atoms with Gasteiger partial charge in [-0.2, -0.15) is 0 Å². The zero-order valence-corrected chi connectivity index (χ0v) is 8.21. The maximum atomic E-state index is 6.13. The molecule has 0 spiro atoms. The van der Waals surface area contributed by atoms with Gasteiger partial charge in [0.05, 0.1) is 0 Å². The number of nitrogens with two attached hydrogens (primary N) is 1. The molecule has 2 saturated carbocycles. The van der Waals surface area contributed by atoms with Crippen LogP contribution in [0.4, 0.5) is 0 Å². The monoisotopic (exact) mass is 177 g/mol. The molecule has 3 atom stereocenters. The van der Waals surface area contributed by atoms with E-state index < -0.39 is 0 Å².